The highest BCUT2D eigenvalue weighted by Gasteiger charge is 2.24. The van der Waals surface area contributed by atoms with Crippen LogP contribution in [-0.4, -0.2) is 22.2 Å². The number of carbonyl (C=O) groups excluding carboxylic acids is 1. The number of benzene rings is 1. The van der Waals surface area contributed by atoms with Gasteiger partial charge in [-0.15, -0.1) is 0 Å². The molecule has 0 saturated heterocycles. The number of nitrogens with zero attached hydrogens (tertiary/aromatic N) is 2. The molecule has 5 heteroatoms. The van der Waals surface area contributed by atoms with Crippen molar-refractivity contribution in [2.75, 3.05) is 6.54 Å². The van der Waals surface area contributed by atoms with Crippen LogP contribution in [0.15, 0.2) is 30.3 Å². The molecule has 3 rings (SSSR count). The van der Waals surface area contributed by atoms with Gasteiger partial charge < -0.3 is 5.32 Å². The van der Waals surface area contributed by atoms with Crippen LogP contribution in [0, 0.1) is 5.82 Å². The van der Waals surface area contributed by atoms with Gasteiger partial charge in [0.25, 0.3) is 5.91 Å². The zero-order valence-electron chi connectivity index (χ0n) is 9.85. The maximum atomic E-state index is 12.9. The molecule has 4 nitrogen and oxygen atoms in total. The van der Waals surface area contributed by atoms with Crippen molar-refractivity contribution in [2.45, 2.75) is 13.0 Å². The van der Waals surface area contributed by atoms with Gasteiger partial charge >= 0.3 is 0 Å². The summed E-state index contributed by atoms with van der Waals surface area (Å²) in [6, 6.07) is 7.96. The second kappa shape index (κ2) is 3.94. The van der Waals surface area contributed by atoms with Crippen LogP contribution in [0.3, 0.4) is 0 Å². The lowest BCUT2D eigenvalue weighted by Gasteiger charge is -2.20. The average Bonchev–Trinajstić information content (AvgIpc) is 2.81. The predicted molar refractivity (Wildman–Crippen MR) is 64.7 cm³/mol. The quantitative estimate of drug-likeness (QED) is 0.835. The van der Waals surface area contributed by atoms with Crippen molar-refractivity contribution in [1.29, 1.82) is 0 Å². The van der Waals surface area contributed by atoms with Crippen molar-refractivity contribution in [1.82, 2.24) is 15.1 Å². The fraction of sp³-hybridized carbons (Fsp3) is 0.231. The van der Waals surface area contributed by atoms with Crippen LogP contribution in [0.2, 0.25) is 0 Å². The van der Waals surface area contributed by atoms with Crippen LogP contribution in [0.1, 0.15) is 23.5 Å². The fourth-order valence-corrected chi connectivity index (χ4v) is 2.08. The maximum absolute atomic E-state index is 12.9. The molecule has 1 aliphatic heterocycles. The summed E-state index contributed by atoms with van der Waals surface area (Å²) in [6.07, 6.45) is 0. The molecular weight excluding hydrogens is 233 g/mol. The van der Waals surface area contributed by atoms with Gasteiger partial charge in [-0.3, -0.25) is 9.48 Å². The number of rotatable bonds is 1. The Labute approximate surface area is 103 Å². The van der Waals surface area contributed by atoms with Gasteiger partial charge in [-0.2, -0.15) is 5.10 Å². The van der Waals surface area contributed by atoms with Gasteiger partial charge in [-0.05, 0) is 37.3 Å². The Morgan fingerprint density at radius 2 is 2.11 bits per heavy atom. The lowest BCUT2D eigenvalue weighted by molar-refractivity contribution is 0.0912. The largest absolute Gasteiger partial charge is 0.349 e. The van der Waals surface area contributed by atoms with Crippen molar-refractivity contribution in [3.63, 3.8) is 0 Å². The van der Waals surface area contributed by atoms with Gasteiger partial charge in [0, 0.05) is 12.1 Å². The van der Waals surface area contributed by atoms with Crippen LogP contribution < -0.4 is 5.32 Å². The third-order valence-electron chi connectivity index (χ3n) is 3.08. The zero-order valence-corrected chi connectivity index (χ0v) is 9.85. The summed E-state index contributed by atoms with van der Waals surface area (Å²) in [4.78, 5) is 11.7. The minimum atomic E-state index is -0.283. The molecule has 1 aromatic carbocycles. The number of hydrogen-bond donors (Lipinski definition) is 1. The van der Waals surface area contributed by atoms with E-state index in [9.17, 15) is 9.18 Å². The smallest absolute Gasteiger partial charge is 0.269 e. The minimum Gasteiger partial charge on any atom is -0.349 e. The van der Waals surface area contributed by atoms with Crippen LogP contribution in [0.4, 0.5) is 4.39 Å². The molecule has 2 heterocycles. The van der Waals surface area contributed by atoms with Crippen LogP contribution in [0.5, 0.6) is 0 Å². The normalized spacial score (nSPS) is 18.3. The molecule has 1 N–H and O–H groups in total. The standard InChI is InChI=1S/C13H12FN3O/c1-8-7-15-13(18)12-6-11(16-17(8)12)9-2-4-10(14)5-3-9/h2-6,8H,7H2,1H3,(H,15,18). The lowest BCUT2D eigenvalue weighted by atomic mass is 10.1. The first-order valence-corrected chi connectivity index (χ1v) is 5.79. The Bertz CT molecular complexity index is 603. The summed E-state index contributed by atoms with van der Waals surface area (Å²) in [5.41, 5.74) is 2.04. The number of amides is 1. The second-order valence-electron chi connectivity index (χ2n) is 4.43. The van der Waals surface area contributed by atoms with E-state index < -0.39 is 0 Å². The van der Waals surface area contributed by atoms with E-state index >= 15 is 0 Å². The van der Waals surface area contributed by atoms with Crippen molar-refractivity contribution in [3.05, 3.63) is 41.8 Å². The summed E-state index contributed by atoms with van der Waals surface area (Å²) in [7, 11) is 0. The fourth-order valence-electron chi connectivity index (χ4n) is 2.08. The van der Waals surface area contributed by atoms with Crippen molar-refractivity contribution in [2.24, 2.45) is 0 Å². The Morgan fingerprint density at radius 3 is 2.78 bits per heavy atom. The molecule has 2 aromatic rings. The molecule has 0 aliphatic carbocycles. The van der Waals surface area contributed by atoms with E-state index in [4.69, 9.17) is 0 Å². The van der Waals surface area contributed by atoms with E-state index in [0.717, 1.165) is 5.56 Å². The summed E-state index contributed by atoms with van der Waals surface area (Å²) >= 11 is 0. The first kappa shape index (κ1) is 11.0. The van der Waals surface area contributed by atoms with E-state index in [0.29, 0.717) is 17.9 Å². The summed E-state index contributed by atoms with van der Waals surface area (Å²) in [5.74, 6) is -0.400. The van der Waals surface area contributed by atoms with Gasteiger partial charge in [0.2, 0.25) is 0 Å². The van der Waals surface area contributed by atoms with Crippen molar-refractivity contribution in [3.8, 4) is 11.3 Å². The van der Waals surface area contributed by atoms with E-state index in [2.05, 4.69) is 10.4 Å². The molecule has 0 spiro atoms. The van der Waals surface area contributed by atoms with Gasteiger partial charge in [-0.1, -0.05) is 0 Å². The summed E-state index contributed by atoms with van der Waals surface area (Å²) in [5, 5.41) is 7.22. The van der Waals surface area contributed by atoms with Crippen molar-refractivity contribution < 1.29 is 9.18 Å². The molecule has 1 amide bonds. The number of fused-ring (bicyclic) bond motifs is 1. The van der Waals surface area contributed by atoms with Crippen LogP contribution in [0.25, 0.3) is 11.3 Å². The first-order valence-electron chi connectivity index (χ1n) is 5.79. The third-order valence-corrected chi connectivity index (χ3v) is 3.08. The molecule has 0 bridgehead atoms. The average molecular weight is 245 g/mol. The van der Waals surface area contributed by atoms with Gasteiger partial charge in [0.1, 0.15) is 11.5 Å². The highest BCUT2D eigenvalue weighted by Crippen LogP contribution is 2.23. The second-order valence-corrected chi connectivity index (χ2v) is 4.43. The Morgan fingerprint density at radius 1 is 1.39 bits per heavy atom. The minimum absolute atomic E-state index is 0.117. The highest BCUT2D eigenvalue weighted by atomic mass is 19.1. The molecule has 92 valence electrons. The SMILES string of the molecule is CC1CNC(=O)c2cc(-c3ccc(F)cc3)nn21. The molecule has 1 aliphatic rings. The van der Waals surface area contributed by atoms with E-state index in [1.165, 1.54) is 12.1 Å². The molecule has 0 saturated carbocycles. The number of hydrogen-bond acceptors (Lipinski definition) is 2. The lowest BCUT2D eigenvalue weighted by Crippen LogP contribution is -2.38. The van der Waals surface area contributed by atoms with Crippen molar-refractivity contribution >= 4 is 5.91 Å². The molecular formula is C13H12FN3O. The Hall–Kier alpha value is -2.17. The van der Waals surface area contributed by atoms with E-state index in [1.54, 1.807) is 22.9 Å². The number of aromatic nitrogens is 2. The maximum Gasteiger partial charge on any atom is 0.269 e. The first-order chi connectivity index (χ1) is 8.65. The summed E-state index contributed by atoms with van der Waals surface area (Å²) in [6.45, 7) is 2.57. The van der Waals surface area contributed by atoms with E-state index in [-0.39, 0.29) is 17.8 Å². The van der Waals surface area contributed by atoms with Crippen LogP contribution in [-0.2, 0) is 0 Å². The zero-order chi connectivity index (χ0) is 12.7. The Kier molecular flexibility index (Phi) is 2.40. The third kappa shape index (κ3) is 1.68. The summed E-state index contributed by atoms with van der Waals surface area (Å²) < 4.78 is 14.6. The molecule has 1 atom stereocenters. The molecule has 0 fully saturated rings. The monoisotopic (exact) mass is 245 g/mol. The number of halogens is 1. The molecule has 1 aromatic heterocycles. The number of carbonyl (C=O) groups is 1. The molecule has 1 unspecified atom stereocenters. The number of nitrogens with one attached hydrogen (secondary N) is 1. The predicted octanol–water partition coefficient (Wildman–Crippen LogP) is 1.99. The molecule has 18 heavy (non-hydrogen) atoms. The topological polar surface area (TPSA) is 46.9 Å². The van der Waals surface area contributed by atoms with Gasteiger partial charge in [0.05, 0.1) is 11.7 Å². The van der Waals surface area contributed by atoms with Gasteiger partial charge in [-0.25, -0.2) is 4.39 Å². The van der Waals surface area contributed by atoms with Crippen LogP contribution >= 0.6 is 0 Å². The van der Waals surface area contributed by atoms with E-state index in [1.807, 2.05) is 6.92 Å². The molecule has 0 radical (unpaired) electrons. The highest BCUT2D eigenvalue weighted by molar-refractivity contribution is 5.94. The van der Waals surface area contributed by atoms with Gasteiger partial charge in [0.15, 0.2) is 0 Å². The Balaban J connectivity index is 2.07.